The highest BCUT2D eigenvalue weighted by Crippen LogP contribution is 2.10. The predicted molar refractivity (Wildman–Crippen MR) is 56.5 cm³/mol. The SMILES string of the molecule is CC(C)Nc1ccc(CC(=O)O)cc1. The van der Waals surface area contributed by atoms with Gasteiger partial charge in [-0.05, 0) is 31.5 Å². The first kappa shape index (κ1) is 10.6. The van der Waals surface area contributed by atoms with Gasteiger partial charge in [0.25, 0.3) is 0 Å². The monoisotopic (exact) mass is 193 g/mol. The average molecular weight is 193 g/mol. The third-order valence-corrected chi connectivity index (χ3v) is 1.76. The Morgan fingerprint density at radius 1 is 1.36 bits per heavy atom. The number of carboxylic acids is 1. The fraction of sp³-hybridized carbons (Fsp3) is 0.364. The van der Waals surface area contributed by atoms with Crippen molar-refractivity contribution in [1.29, 1.82) is 0 Å². The van der Waals surface area contributed by atoms with E-state index in [1.54, 1.807) is 0 Å². The number of rotatable bonds is 4. The molecule has 76 valence electrons. The minimum Gasteiger partial charge on any atom is -0.481 e. The van der Waals surface area contributed by atoms with Gasteiger partial charge in [0, 0.05) is 11.7 Å². The van der Waals surface area contributed by atoms with Gasteiger partial charge >= 0.3 is 5.97 Å². The summed E-state index contributed by atoms with van der Waals surface area (Å²) in [5.41, 5.74) is 1.85. The van der Waals surface area contributed by atoms with Crippen LogP contribution in [0.25, 0.3) is 0 Å². The van der Waals surface area contributed by atoms with E-state index < -0.39 is 5.97 Å². The van der Waals surface area contributed by atoms with Gasteiger partial charge in [-0.1, -0.05) is 12.1 Å². The third-order valence-electron chi connectivity index (χ3n) is 1.76. The van der Waals surface area contributed by atoms with E-state index in [9.17, 15) is 4.79 Å². The van der Waals surface area contributed by atoms with E-state index in [4.69, 9.17) is 5.11 Å². The number of anilines is 1. The Morgan fingerprint density at radius 3 is 2.36 bits per heavy atom. The molecule has 0 atom stereocenters. The molecule has 0 saturated carbocycles. The van der Waals surface area contributed by atoms with Gasteiger partial charge in [0.2, 0.25) is 0 Å². The molecule has 0 amide bonds. The molecule has 14 heavy (non-hydrogen) atoms. The molecule has 0 aliphatic rings. The highest BCUT2D eigenvalue weighted by Gasteiger charge is 2.00. The predicted octanol–water partition coefficient (Wildman–Crippen LogP) is 2.13. The van der Waals surface area contributed by atoms with Crippen LogP contribution in [0.15, 0.2) is 24.3 Å². The molecule has 3 nitrogen and oxygen atoms in total. The van der Waals surface area contributed by atoms with Gasteiger partial charge in [0.1, 0.15) is 0 Å². The maximum atomic E-state index is 10.4. The van der Waals surface area contributed by atoms with Crippen LogP contribution in [0.4, 0.5) is 5.69 Å². The van der Waals surface area contributed by atoms with Crippen LogP contribution in [0.1, 0.15) is 19.4 Å². The van der Waals surface area contributed by atoms with Crippen molar-refractivity contribution in [1.82, 2.24) is 0 Å². The summed E-state index contributed by atoms with van der Waals surface area (Å²) in [5, 5.41) is 11.8. The second kappa shape index (κ2) is 4.65. The molecular weight excluding hydrogens is 178 g/mol. The van der Waals surface area contributed by atoms with Gasteiger partial charge in [-0.25, -0.2) is 0 Å². The summed E-state index contributed by atoms with van der Waals surface area (Å²) in [6.45, 7) is 4.12. The number of carbonyl (C=O) groups is 1. The normalized spacial score (nSPS) is 10.2. The molecular formula is C11H15NO2. The average Bonchev–Trinajstić information content (AvgIpc) is 2.06. The number of hydrogen-bond acceptors (Lipinski definition) is 2. The van der Waals surface area contributed by atoms with Crippen molar-refractivity contribution >= 4 is 11.7 Å². The van der Waals surface area contributed by atoms with Gasteiger partial charge < -0.3 is 10.4 Å². The lowest BCUT2D eigenvalue weighted by Gasteiger charge is -2.09. The molecule has 1 rings (SSSR count). The van der Waals surface area contributed by atoms with Gasteiger partial charge in [0.05, 0.1) is 6.42 Å². The van der Waals surface area contributed by atoms with E-state index >= 15 is 0 Å². The molecule has 0 fully saturated rings. The summed E-state index contributed by atoms with van der Waals surface area (Å²) in [7, 11) is 0. The Morgan fingerprint density at radius 2 is 1.93 bits per heavy atom. The highest BCUT2D eigenvalue weighted by molar-refractivity contribution is 5.70. The zero-order valence-electron chi connectivity index (χ0n) is 8.45. The molecule has 0 spiro atoms. The van der Waals surface area contributed by atoms with E-state index in [-0.39, 0.29) is 6.42 Å². The molecule has 0 unspecified atom stereocenters. The van der Waals surface area contributed by atoms with Crippen LogP contribution in [-0.2, 0) is 11.2 Å². The van der Waals surface area contributed by atoms with Crippen LogP contribution in [0, 0.1) is 0 Å². The third kappa shape index (κ3) is 3.47. The van der Waals surface area contributed by atoms with Crippen molar-refractivity contribution < 1.29 is 9.90 Å². The zero-order chi connectivity index (χ0) is 10.6. The quantitative estimate of drug-likeness (QED) is 0.770. The second-order valence-electron chi connectivity index (χ2n) is 3.57. The molecule has 1 aromatic carbocycles. The topological polar surface area (TPSA) is 49.3 Å². The number of aliphatic carboxylic acids is 1. The molecule has 1 aromatic rings. The number of benzene rings is 1. The van der Waals surface area contributed by atoms with Crippen molar-refractivity contribution in [3.8, 4) is 0 Å². The maximum absolute atomic E-state index is 10.4. The molecule has 0 aliphatic carbocycles. The van der Waals surface area contributed by atoms with Crippen LogP contribution < -0.4 is 5.32 Å². The molecule has 0 bridgehead atoms. The Hall–Kier alpha value is -1.51. The van der Waals surface area contributed by atoms with Gasteiger partial charge in [-0.15, -0.1) is 0 Å². The van der Waals surface area contributed by atoms with Crippen LogP contribution in [0.2, 0.25) is 0 Å². The summed E-state index contributed by atoms with van der Waals surface area (Å²) in [6.07, 6.45) is 0.0853. The standard InChI is InChI=1S/C11H15NO2/c1-8(2)12-10-5-3-9(4-6-10)7-11(13)14/h3-6,8,12H,7H2,1-2H3,(H,13,14). The Bertz CT molecular complexity index is 304. The smallest absolute Gasteiger partial charge is 0.307 e. The fourth-order valence-corrected chi connectivity index (χ4v) is 1.23. The van der Waals surface area contributed by atoms with E-state index in [0.29, 0.717) is 6.04 Å². The Balaban J connectivity index is 2.63. The van der Waals surface area contributed by atoms with Gasteiger partial charge in [0.15, 0.2) is 0 Å². The van der Waals surface area contributed by atoms with Crippen LogP contribution in [0.5, 0.6) is 0 Å². The van der Waals surface area contributed by atoms with E-state index in [1.165, 1.54) is 0 Å². The van der Waals surface area contributed by atoms with Crippen molar-refractivity contribution in [2.45, 2.75) is 26.3 Å². The number of hydrogen-bond donors (Lipinski definition) is 2. The first-order valence-corrected chi connectivity index (χ1v) is 4.65. The molecule has 0 saturated heterocycles. The zero-order valence-corrected chi connectivity index (χ0v) is 8.45. The molecule has 3 heteroatoms. The van der Waals surface area contributed by atoms with Crippen molar-refractivity contribution in [2.24, 2.45) is 0 Å². The maximum Gasteiger partial charge on any atom is 0.307 e. The molecule has 2 N–H and O–H groups in total. The summed E-state index contributed by atoms with van der Waals surface area (Å²) < 4.78 is 0. The minimum atomic E-state index is -0.797. The summed E-state index contributed by atoms with van der Waals surface area (Å²) in [5.74, 6) is -0.797. The fourth-order valence-electron chi connectivity index (χ4n) is 1.23. The highest BCUT2D eigenvalue weighted by atomic mass is 16.4. The van der Waals surface area contributed by atoms with Gasteiger partial charge in [-0.3, -0.25) is 4.79 Å². The lowest BCUT2D eigenvalue weighted by atomic mass is 10.1. The molecule has 0 aromatic heterocycles. The lowest BCUT2D eigenvalue weighted by Crippen LogP contribution is -2.09. The summed E-state index contributed by atoms with van der Waals surface area (Å²) >= 11 is 0. The molecule has 0 aliphatic heterocycles. The van der Waals surface area contributed by atoms with Crippen molar-refractivity contribution in [3.05, 3.63) is 29.8 Å². The number of nitrogens with one attached hydrogen (secondary N) is 1. The first-order chi connectivity index (χ1) is 6.58. The largest absolute Gasteiger partial charge is 0.481 e. The summed E-state index contributed by atoms with van der Waals surface area (Å²) in [6, 6.07) is 7.86. The van der Waals surface area contributed by atoms with Crippen LogP contribution in [-0.4, -0.2) is 17.1 Å². The van der Waals surface area contributed by atoms with Crippen LogP contribution in [0.3, 0.4) is 0 Å². The molecule has 0 radical (unpaired) electrons. The summed E-state index contributed by atoms with van der Waals surface area (Å²) in [4.78, 5) is 10.4. The second-order valence-corrected chi connectivity index (χ2v) is 3.57. The Labute approximate surface area is 83.8 Å². The number of carboxylic acid groups (broad SMARTS) is 1. The van der Waals surface area contributed by atoms with E-state index in [1.807, 2.05) is 24.3 Å². The first-order valence-electron chi connectivity index (χ1n) is 4.65. The van der Waals surface area contributed by atoms with Gasteiger partial charge in [-0.2, -0.15) is 0 Å². The van der Waals surface area contributed by atoms with E-state index in [2.05, 4.69) is 19.2 Å². The molecule has 0 heterocycles. The Kier molecular flexibility index (Phi) is 3.51. The van der Waals surface area contributed by atoms with Crippen molar-refractivity contribution in [3.63, 3.8) is 0 Å². The van der Waals surface area contributed by atoms with E-state index in [0.717, 1.165) is 11.3 Å². The minimum absolute atomic E-state index is 0.0853. The van der Waals surface area contributed by atoms with Crippen LogP contribution >= 0.6 is 0 Å². The van der Waals surface area contributed by atoms with Crippen molar-refractivity contribution in [2.75, 3.05) is 5.32 Å². The lowest BCUT2D eigenvalue weighted by molar-refractivity contribution is -0.136.